The molecule has 3 aromatic rings. The molecule has 1 aromatic carbocycles. The van der Waals surface area contributed by atoms with Crippen LogP contribution in [0.15, 0.2) is 24.5 Å². The molecular formula is C24H28F3N5O3. The van der Waals surface area contributed by atoms with Gasteiger partial charge in [-0.05, 0) is 58.2 Å². The quantitative estimate of drug-likeness (QED) is 0.488. The van der Waals surface area contributed by atoms with Gasteiger partial charge in [-0.3, -0.25) is 4.68 Å². The molecule has 11 heteroatoms. The van der Waals surface area contributed by atoms with Crippen LogP contribution in [0.25, 0.3) is 22.4 Å². The minimum Gasteiger partial charge on any atom is -0.496 e. The van der Waals surface area contributed by atoms with Crippen molar-refractivity contribution >= 4 is 17.3 Å². The molecule has 0 unspecified atom stereocenters. The number of piperidine rings is 1. The second-order valence-corrected chi connectivity index (χ2v) is 9.64. The number of carbonyl (C=O) groups is 1. The largest absolute Gasteiger partial charge is 0.496 e. The number of halogens is 3. The number of fused-ring (bicyclic) bond motifs is 1. The second-order valence-electron chi connectivity index (χ2n) is 9.64. The average molecular weight is 492 g/mol. The van der Waals surface area contributed by atoms with Crippen molar-refractivity contribution in [3.63, 3.8) is 0 Å². The molecule has 1 saturated heterocycles. The number of rotatable bonds is 3. The molecule has 1 aliphatic rings. The Labute approximate surface area is 201 Å². The smallest absolute Gasteiger partial charge is 0.416 e. The number of benzene rings is 1. The number of alkyl halides is 3. The second kappa shape index (κ2) is 9.01. The normalized spacial score (nSPS) is 15.5. The lowest BCUT2D eigenvalue weighted by Gasteiger charge is -2.33. The number of aryl methyl sites for hydroxylation is 1. The Hall–Kier alpha value is -3.37. The number of carbonyl (C=O) groups excluding carboxylic acids is 1. The number of nitrogens with zero attached hydrogens (tertiary/aromatic N) is 5. The van der Waals surface area contributed by atoms with Gasteiger partial charge in [0.2, 0.25) is 0 Å². The number of likely N-dealkylation sites (tertiary alicyclic amines) is 1. The first-order chi connectivity index (χ1) is 16.4. The summed E-state index contributed by atoms with van der Waals surface area (Å²) in [6.07, 6.45) is -0.0913. The Morgan fingerprint density at radius 3 is 2.43 bits per heavy atom. The maximum Gasteiger partial charge on any atom is 0.416 e. The first kappa shape index (κ1) is 24.7. The third-order valence-corrected chi connectivity index (χ3v) is 5.84. The first-order valence-electron chi connectivity index (χ1n) is 11.3. The van der Waals surface area contributed by atoms with Gasteiger partial charge in [-0.15, -0.1) is 0 Å². The Morgan fingerprint density at radius 2 is 1.83 bits per heavy atom. The highest BCUT2D eigenvalue weighted by Crippen LogP contribution is 2.39. The SMILES string of the molecule is COc1cc(C(F)(F)F)cc(C)c1-c1cnc2cn(C3CCN(C(=O)OC(C)(C)C)CC3)nc2n1. The maximum atomic E-state index is 13.2. The van der Waals surface area contributed by atoms with E-state index >= 15 is 0 Å². The molecule has 3 heterocycles. The van der Waals surface area contributed by atoms with Crippen LogP contribution in [0.4, 0.5) is 18.0 Å². The van der Waals surface area contributed by atoms with Gasteiger partial charge in [0.05, 0.1) is 36.8 Å². The molecule has 2 aromatic heterocycles. The maximum absolute atomic E-state index is 13.2. The third-order valence-electron chi connectivity index (χ3n) is 5.84. The summed E-state index contributed by atoms with van der Waals surface area (Å²) < 4.78 is 52.2. The number of aromatic nitrogens is 4. The van der Waals surface area contributed by atoms with Crippen LogP contribution in [0.3, 0.4) is 0 Å². The summed E-state index contributed by atoms with van der Waals surface area (Å²) in [4.78, 5) is 23.0. The summed E-state index contributed by atoms with van der Waals surface area (Å²) in [7, 11) is 1.32. The molecule has 0 saturated carbocycles. The van der Waals surface area contributed by atoms with Crippen molar-refractivity contribution in [1.82, 2.24) is 24.6 Å². The van der Waals surface area contributed by atoms with Gasteiger partial charge in [-0.1, -0.05) is 0 Å². The van der Waals surface area contributed by atoms with Crippen molar-refractivity contribution < 1.29 is 27.4 Å². The van der Waals surface area contributed by atoms with Crippen molar-refractivity contribution in [2.24, 2.45) is 0 Å². The van der Waals surface area contributed by atoms with Gasteiger partial charge in [0.15, 0.2) is 5.65 Å². The van der Waals surface area contributed by atoms with E-state index in [0.29, 0.717) is 53.9 Å². The van der Waals surface area contributed by atoms with E-state index in [-0.39, 0.29) is 17.9 Å². The summed E-state index contributed by atoms with van der Waals surface area (Å²) >= 11 is 0. The van der Waals surface area contributed by atoms with Crippen LogP contribution in [0, 0.1) is 6.92 Å². The van der Waals surface area contributed by atoms with Gasteiger partial charge in [-0.25, -0.2) is 14.8 Å². The van der Waals surface area contributed by atoms with Crippen molar-refractivity contribution in [3.05, 3.63) is 35.7 Å². The highest BCUT2D eigenvalue weighted by Gasteiger charge is 2.33. The molecule has 0 atom stereocenters. The Morgan fingerprint density at radius 1 is 1.14 bits per heavy atom. The van der Waals surface area contributed by atoms with Crippen LogP contribution in [0.1, 0.15) is 50.8 Å². The Balaban J connectivity index is 1.56. The van der Waals surface area contributed by atoms with Gasteiger partial charge in [-0.2, -0.15) is 18.3 Å². The predicted octanol–water partition coefficient (Wildman–Crippen LogP) is 5.40. The molecule has 4 rings (SSSR count). The lowest BCUT2D eigenvalue weighted by molar-refractivity contribution is -0.137. The minimum absolute atomic E-state index is 0.0653. The topological polar surface area (TPSA) is 82.4 Å². The summed E-state index contributed by atoms with van der Waals surface area (Å²) in [5.74, 6) is 0.0694. The van der Waals surface area contributed by atoms with Crippen molar-refractivity contribution in [3.8, 4) is 17.0 Å². The van der Waals surface area contributed by atoms with E-state index in [2.05, 4.69) is 15.1 Å². The zero-order valence-corrected chi connectivity index (χ0v) is 20.3. The molecule has 188 valence electrons. The van der Waals surface area contributed by atoms with Crippen LogP contribution >= 0.6 is 0 Å². The van der Waals surface area contributed by atoms with E-state index in [1.807, 2.05) is 20.8 Å². The standard InChI is InChI=1S/C24H28F3N5O3/c1-14-10-15(24(25,26)27)11-19(34-5)20(14)17-12-28-18-13-32(30-21(18)29-17)16-6-8-31(9-7-16)22(33)35-23(2,3)4/h10-13,16H,6-9H2,1-5H3. The molecule has 0 N–H and O–H groups in total. The summed E-state index contributed by atoms with van der Waals surface area (Å²) in [5.41, 5.74) is 0.827. The lowest BCUT2D eigenvalue weighted by Crippen LogP contribution is -2.42. The lowest BCUT2D eigenvalue weighted by atomic mass is 10.0. The van der Waals surface area contributed by atoms with Gasteiger partial charge in [0.1, 0.15) is 16.9 Å². The van der Waals surface area contributed by atoms with E-state index in [0.717, 1.165) is 12.1 Å². The van der Waals surface area contributed by atoms with E-state index in [1.54, 1.807) is 22.7 Å². The Bertz CT molecular complexity index is 1240. The molecule has 8 nitrogen and oxygen atoms in total. The van der Waals surface area contributed by atoms with Crippen molar-refractivity contribution in [2.45, 2.75) is 58.4 Å². The zero-order chi connectivity index (χ0) is 25.5. The first-order valence-corrected chi connectivity index (χ1v) is 11.3. The summed E-state index contributed by atoms with van der Waals surface area (Å²) in [6.45, 7) is 8.18. The molecule has 0 bridgehead atoms. The van der Waals surface area contributed by atoms with E-state index in [1.165, 1.54) is 13.3 Å². The zero-order valence-electron chi connectivity index (χ0n) is 20.3. The predicted molar refractivity (Wildman–Crippen MR) is 123 cm³/mol. The molecule has 1 aliphatic heterocycles. The van der Waals surface area contributed by atoms with Crippen LogP contribution in [0.5, 0.6) is 5.75 Å². The van der Waals surface area contributed by atoms with E-state index < -0.39 is 17.3 Å². The minimum atomic E-state index is -4.48. The van der Waals surface area contributed by atoms with Gasteiger partial charge >= 0.3 is 12.3 Å². The van der Waals surface area contributed by atoms with Crippen molar-refractivity contribution in [2.75, 3.05) is 20.2 Å². The highest BCUT2D eigenvalue weighted by atomic mass is 19.4. The molecule has 1 fully saturated rings. The number of amides is 1. The average Bonchev–Trinajstić information content (AvgIpc) is 3.20. The van der Waals surface area contributed by atoms with Crippen LogP contribution < -0.4 is 4.74 Å². The van der Waals surface area contributed by atoms with Crippen LogP contribution in [0.2, 0.25) is 0 Å². The molecular weight excluding hydrogens is 463 g/mol. The van der Waals surface area contributed by atoms with E-state index in [4.69, 9.17) is 9.47 Å². The fraction of sp³-hybridized carbons (Fsp3) is 0.500. The van der Waals surface area contributed by atoms with Gasteiger partial charge in [0, 0.05) is 18.7 Å². The molecule has 35 heavy (non-hydrogen) atoms. The van der Waals surface area contributed by atoms with Crippen LogP contribution in [-0.4, -0.2) is 56.5 Å². The summed E-state index contributed by atoms with van der Waals surface area (Å²) in [6, 6.07) is 2.10. The number of hydrogen-bond donors (Lipinski definition) is 0. The van der Waals surface area contributed by atoms with E-state index in [9.17, 15) is 18.0 Å². The molecule has 1 amide bonds. The number of hydrogen-bond acceptors (Lipinski definition) is 6. The van der Waals surface area contributed by atoms with Gasteiger partial charge < -0.3 is 14.4 Å². The molecule has 0 aliphatic carbocycles. The fourth-order valence-corrected chi connectivity index (χ4v) is 4.17. The highest BCUT2D eigenvalue weighted by molar-refractivity contribution is 5.77. The molecule has 0 spiro atoms. The fourth-order valence-electron chi connectivity index (χ4n) is 4.17. The summed E-state index contributed by atoms with van der Waals surface area (Å²) in [5, 5.41) is 4.58. The third kappa shape index (κ3) is 5.33. The van der Waals surface area contributed by atoms with Gasteiger partial charge in [0.25, 0.3) is 0 Å². The van der Waals surface area contributed by atoms with Crippen molar-refractivity contribution in [1.29, 1.82) is 0 Å². The van der Waals surface area contributed by atoms with Crippen LogP contribution in [-0.2, 0) is 10.9 Å². The number of ether oxygens (including phenoxy) is 2. The number of methoxy groups -OCH3 is 1. The monoisotopic (exact) mass is 491 g/mol. The Kier molecular flexibility index (Phi) is 6.37. The molecule has 0 radical (unpaired) electrons.